The number of carbonyl (C=O) groups excluding carboxylic acids is 1. The van der Waals surface area contributed by atoms with Crippen LogP contribution in [0.4, 0.5) is 0 Å². The first kappa shape index (κ1) is 10.3. The molecule has 15 heavy (non-hydrogen) atoms. The van der Waals surface area contributed by atoms with E-state index in [9.17, 15) is 4.79 Å². The highest BCUT2D eigenvalue weighted by Gasteiger charge is 2.27. The predicted molar refractivity (Wildman–Crippen MR) is 57.7 cm³/mol. The second kappa shape index (κ2) is 4.51. The summed E-state index contributed by atoms with van der Waals surface area (Å²) in [5.41, 5.74) is 0. The van der Waals surface area contributed by atoms with Crippen LogP contribution in [0.15, 0.2) is 22.8 Å². The average Bonchev–Trinajstić information content (AvgIpc) is 2.81. The molecular formula is C12H17NO2. The molecule has 82 valence electrons. The van der Waals surface area contributed by atoms with Crippen LogP contribution in [0, 0.1) is 0 Å². The molecule has 3 nitrogen and oxygen atoms in total. The average molecular weight is 207 g/mol. The third kappa shape index (κ3) is 2.06. The summed E-state index contributed by atoms with van der Waals surface area (Å²) in [5.74, 6) is 0.516. The molecule has 1 fully saturated rings. The van der Waals surface area contributed by atoms with Gasteiger partial charge in [-0.1, -0.05) is 6.92 Å². The van der Waals surface area contributed by atoms with Gasteiger partial charge in [-0.25, -0.2) is 0 Å². The molecule has 1 aromatic rings. The zero-order valence-electron chi connectivity index (χ0n) is 9.11. The van der Waals surface area contributed by atoms with Gasteiger partial charge in [0.05, 0.1) is 6.26 Å². The molecule has 0 spiro atoms. The fourth-order valence-corrected chi connectivity index (χ4v) is 2.23. The number of furan rings is 1. The third-order valence-corrected chi connectivity index (χ3v) is 3.09. The van der Waals surface area contributed by atoms with E-state index in [2.05, 4.69) is 6.92 Å². The number of piperidine rings is 1. The number of amides is 1. The molecule has 0 bridgehead atoms. The largest absolute Gasteiger partial charge is 0.459 e. The second-order valence-corrected chi connectivity index (χ2v) is 4.03. The highest BCUT2D eigenvalue weighted by atomic mass is 16.3. The van der Waals surface area contributed by atoms with Crippen LogP contribution < -0.4 is 0 Å². The van der Waals surface area contributed by atoms with Crippen LogP contribution in [0.3, 0.4) is 0 Å². The monoisotopic (exact) mass is 207 g/mol. The minimum absolute atomic E-state index is 0.0477. The molecule has 1 aliphatic heterocycles. The summed E-state index contributed by atoms with van der Waals surface area (Å²) < 4.78 is 5.15. The molecule has 1 amide bonds. The molecule has 1 aliphatic rings. The van der Waals surface area contributed by atoms with Crippen LogP contribution in [-0.2, 0) is 0 Å². The Bertz CT molecular complexity index is 318. The second-order valence-electron chi connectivity index (χ2n) is 4.03. The lowest BCUT2D eigenvalue weighted by Crippen LogP contribution is -2.43. The number of carbonyl (C=O) groups is 1. The van der Waals surface area contributed by atoms with E-state index < -0.39 is 0 Å². The molecule has 0 saturated carbocycles. The van der Waals surface area contributed by atoms with E-state index in [4.69, 9.17) is 4.42 Å². The van der Waals surface area contributed by atoms with Gasteiger partial charge in [0.15, 0.2) is 5.76 Å². The molecule has 2 heterocycles. The summed E-state index contributed by atoms with van der Waals surface area (Å²) in [6.07, 6.45) is 6.07. The van der Waals surface area contributed by atoms with Crippen molar-refractivity contribution in [1.82, 2.24) is 4.90 Å². The van der Waals surface area contributed by atoms with Gasteiger partial charge in [-0.3, -0.25) is 4.79 Å². The van der Waals surface area contributed by atoms with Crippen LogP contribution >= 0.6 is 0 Å². The third-order valence-electron chi connectivity index (χ3n) is 3.09. The Kier molecular flexibility index (Phi) is 3.09. The van der Waals surface area contributed by atoms with Crippen molar-refractivity contribution in [2.45, 2.75) is 38.6 Å². The Labute approximate surface area is 90.1 Å². The molecule has 0 unspecified atom stereocenters. The van der Waals surface area contributed by atoms with E-state index in [1.807, 2.05) is 4.90 Å². The van der Waals surface area contributed by atoms with Crippen LogP contribution in [0.25, 0.3) is 0 Å². The Balaban J connectivity index is 2.11. The van der Waals surface area contributed by atoms with E-state index in [0.717, 1.165) is 25.8 Å². The molecule has 1 atom stereocenters. The summed E-state index contributed by atoms with van der Waals surface area (Å²) >= 11 is 0. The summed E-state index contributed by atoms with van der Waals surface area (Å²) in [4.78, 5) is 14.0. The van der Waals surface area contributed by atoms with Crippen LogP contribution in [0.5, 0.6) is 0 Å². The quantitative estimate of drug-likeness (QED) is 0.747. The standard InChI is InChI=1S/C12H17NO2/c1-2-10-6-3-4-8-13(10)12(14)11-7-5-9-15-11/h5,7,9-10H,2-4,6,8H2,1H3/t10-/m0/s1. The van der Waals surface area contributed by atoms with E-state index in [0.29, 0.717) is 11.8 Å². The van der Waals surface area contributed by atoms with Gasteiger partial charge in [-0.05, 0) is 37.8 Å². The normalized spacial score (nSPS) is 21.7. The van der Waals surface area contributed by atoms with Gasteiger partial charge in [0.2, 0.25) is 0 Å². The van der Waals surface area contributed by atoms with E-state index in [1.54, 1.807) is 18.4 Å². The summed E-state index contributed by atoms with van der Waals surface area (Å²) in [5, 5.41) is 0. The maximum absolute atomic E-state index is 12.1. The predicted octanol–water partition coefficient (Wildman–Crippen LogP) is 2.68. The first-order valence-corrected chi connectivity index (χ1v) is 5.67. The molecule has 1 aromatic heterocycles. The molecule has 0 aromatic carbocycles. The van der Waals surface area contributed by atoms with E-state index in [1.165, 1.54) is 6.42 Å². The van der Waals surface area contributed by atoms with Gasteiger partial charge < -0.3 is 9.32 Å². The fraction of sp³-hybridized carbons (Fsp3) is 0.583. The van der Waals surface area contributed by atoms with Gasteiger partial charge in [-0.15, -0.1) is 0 Å². The van der Waals surface area contributed by atoms with Crippen molar-refractivity contribution in [1.29, 1.82) is 0 Å². The van der Waals surface area contributed by atoms with Crippen molar-refractivity contribution in [2.75, 3.05) is 6.54 Å². The molecule has 0 N–H and O–H groups in total. The number of likely N-dealkylation sites (tertiary alicyclic amines) is 1. The zero-order valence-corrected chi connectivity index (χ0v) is 9.11. The van der Waals surface area contributed by atoms with Crippen LogP contribution in [0.2, 0.25) is 0 Å². The van der Waals surface area contributed by atoms with Crippen molar-refractivity contribution in [3.05, 3.63) is 24.2 Å². The fourth-order valence-electron chi connectivity index (χ4n) is 2.23. The van der Waals surface area contributed by atoms with E-state index in [-0.39, 0.29) is 5.91 Å². The Morgan fingerprint density at radius 3 is 3.13 bits per heavy atom. The van der Waals surface area contributed by atoms with Crippen molar-refractivity contribution in [3.63, 3.8) is 0 Å². The lowest BCUT2D eigenvalue weighted by Gasteiger charge is -2.34. The molecular weight excluding hydrogens is 190 g/mol. The zero-order chi connectivity index (χ0) is 10.7. The Hall–Kier alpha value is -1.25. The highest BCUT2D eigenvalue weighted by Crippen LogP contribution is 2.21. The maximum Gasteiger partial charge on any atom is 0.289 e. The topological polar surface area (TPSA) is 33.5 Å². The number of nitrogens with zero attached hydrogens (tertiary/aromatic N) is 1. The Morgan fingerprint density at radius 1 is 1.60 bits per heavy atom. The SMILES string of the molecule is CC[C@H]1CCCCN1C(=O)c1ccco1. The molecule has 0 radical (unpaired) electrons. The highest BCUT2D eigenvalue weighted by molar-refractivity contribution is 5.91. The number of hydrogen-bond donors (Lipinski definition) is 0. The van der Waals surface area contributed by atoms with Crippen molar-refractivity contribution in [2.24, 2.45) is 0 Å². The number of rotatable bonds is 2. The van der Waals surface area contributed by atoms with Gasteiger partial charge in [0.25, 0.3) is 5.91 Å². The smallest absolute Gasteiger partial charge is 0.289 e. The first-order valence-electron chi connectivity index (χ1n) is 5.67. The molecule has 2 rings (SSSR count). The van der Waals surface area contributed by atoms with Crippen LogP contribution in [0.1, 0.15) is 43.2 Å². The minimum Gasteiger partial charge on any atom is -0.459 e. The van der Waals surface area contributed by atoms with Gasteiger partial charge >= 0.3 is 0 Å². The maximum atomic E-state index is 12.1. The summed E-state index contributed by atoms with van der Waals surface area (Å²) in [6.45, 7) is 3.01. The lowest BCUT2D eigenvalue weighted by molar-refractivity contribution is 0.0575. The minimum atomic E-state index is 0.0477. The van der Waals surface area contributed by atoms with E-state index >= 15 is 0 Å². The first-order chi connectivity index (χ1) is 7.33. The van der Waals surface area contributed by atoms with Gasteiger partial charge in [0.1, 0.15) is 0 Å². The lowest BCUT2D eigenvalue weighted by atomic mass is 10.00. The molecule has 0 aliphatic carbocycles. The van der Waals surface area contributed by atoms with Crippen LogP contribution in [-0.4, -0.2) is 23.4 Å². The summed E-state index contributed by atoms with van der Waals surface area (Å²) in [7, 11) is 0. The Morgan fingerprint density at radius 2 is 2.47 bits per heavy atom. The van der Waals surface area contributed by atoms with Crippen molar-refractivity contribution in [3.8, 4) is 0 Å². The molecule has 1 saturated heterocycles. The molecule has 3 heteroatoms. The van der Waals surface area contributed by atoms with Crippen molar-refractivity contribution >= 4 is 5.91 Å². The number of hydrogen-bond acceptors (Lipinski definition) is 2. The van der Waals surface area contributed by atoms with Crippen molar-refractivity contribution < 1.29 is 9.21 Å². The summed E-state index contributed by atoms with van der Waals surface area (Å²) in [6, 6.07) is 3.90. The van der Waals surface area contributed by atoms with Gasteiger partial charge in [0, 0.05) is 12.6 Å². The van der Waals surface area contributed by atoms with Gasteiger partial charge in [-0.2, -0.15) is 0 Å².